The summed E-state index contributed by atoms with van der Waals surface area (Å²) in [6.07, 6.45) is 3.89. The molecular formula is C16H20N6O2. The topological polar surface area (TPSA) is 76.4 Å². The van der Waals surface area contributed by atoms with Gasteiger partial charge in [-0.1, -0.05) is 11.3 Å². The Morgan fingerprint density at radius 2 is 2.00 bits per heavy atom. The van der Waals surface area contributed by atoms with Gasteiger partial charge in [0.1, 0.15) is 12.3 Å². The molecule has 4 rings (SSSR count). The van der Waals surface area contributed by atoms with Crippen LogP contribution >= 0.6 is 0 Å². The summed E-state index contributed by atoms with van der Waals surface area (Å²) in [6, 6.07) is 5.64. The quantitative estimate of drug-likeness (QED) is 0.848. The predicted molar refractivity (Wildman–Crippen MR) is 85.2 cm³/mol. The maximum atomic E-state index is 12.6. The molecule has 126 valence electrons. The fraction of sp³-hybridized carbons (Fsp3) is 0.500. The van der Waals surface area contributed by atoms with Crippen molar-refractivity contribution in [3.05, 3.63) is 35.8 Å². The summed E-state index contributed by atoms with van der Waals surface area (Å²) in [4.78, 5) is 20.5. The molecule has 0 aliphatic carbocycles. The summed E-state index contributed by atoms with van der Waals surface area (Å²) in [5.74, 6) is 0.556. The van der Waals surface area contributed by atoms with Crippen molar-refractivity contribution >= 4 is 6.03 Å². The predicted octanol–water partition coefficient (Wildman–Crippen LogP) is 1.28. The zero-order chi connectivity index (χ0) is 16.4. The highest BCUT2D eigenvalue weighted by molar-refractivity contribution is 5.74. The number of pyridine rings is 1. The molecule has 1 fully saturated rings. The minimum atomic E-state index is 0.122. The Balaban J connectivity index is 1.44. The van der Waals surface area contributed by atoms with E-state index >= 15 is 0 Å². The number of nitrogens with zero attached hydrogens (tertiary/aromatic N) is 6. The fourth-order valence-electron chi connectivity index (χ4n) is 3.16. The van der Waals surface area contributed by atoms with Gasteiger partial charge in [-0.2, -0.15) is 0 Å². The monoisotopic (exact) mass is 328 g/mol. The van der Waals surface area contributed by atoms with Gasteiger partial charge in [-0.25, -0.2) is 14.5 Å². The van der Waals surface area contributed by atoms with Crippen LogP contribution in [0.4, 0.5) is 4.79 Å². The summed E-state index contributed by atoms with van der Waals surface area (Å²) in [6.45, 7) is 3.91. The van der Waals surface area contributed by atoms with Gasteiger partial charge in [0.25, 0.3) is 0 Å². The highest BCUT2D eigenvalue weighted by Gasteiger charge is 2.29. The lowest BCUT2D eigenvalue weighted by Gasteiger charge is -2.31. The van der Waals surface area contributed by atoms with Crippen molar-refractivity contribution in [2.45, 2.75) is 32.5 Å². The molecule has 2 aromatic heterocycles. The molecule has 24 heavy (non-hydrogen) atoms. The van der Waals surface area contributed by atoms with Crippen LogP contribution in [0.3, 0.4) is 0 Å². The maximum absolute atomic E-state index is 12.6. The highest BCUT2D eigenvalue weighted by Crippen LogP contribution is 2.19. The summed E-state index contributed by atoms with van der Waals surface area (Å²) in [5.41, 5.74) is 1.71. The Kier molecular flexibility index (Phi) is 4.02. The minimum Gasteiger partial charge on any atom is -0.471 e. The van der Waals surface area contributed by atoms with Crippen LogP contribution < -0.4 is 4.74 Å². The number of amides is 2. The molecule has 0 atom stereocenters. The Morgan fingerprint density at radius 1 is 1.12 bits per heavy atom. The second kappa shape index (κ2) is 6.46. The molecule has 4 heterocycles. The number of aromatic nitrogens is 4. The van der Waals surface area contributed by atoms with E-state index in [9.17, 15) is 4.79 Å². The number of hydrogen-bond acceptors (Lipinski definition) is 5. The number of ether oxygens (including phenoxy) is 1. The van der Waals surface area contributed by atoms with Crippen molar-refractivity contribution in [2.75, 3.05) is 19.6 Å². The van der Waals surface area contributed by atoms with Crippen molar-refractivity contribution in [2.24, 2.45) is 0 Å². The number of likely N-dealkylation sites (tertiary alicyclic amines) is 1. The minimum absolute atomic E-state index is 0.122. The third-order valence-corrected chi connectivity index (χ3v) is 4.48. The largest absolute Gasteiger partial charge is 0.471 e. The number of carbonyl (C=O) groups excluding carboxylic acids is 1. The van der Waals surface area contributed by atoms with Gasteiger partial charge in [-0.15, -0.1) is 5.10 Å². The number of fused-ring (bicyclic) bond motifs is 1. The molecule has 2 aliphatic rings. The van der Waals surface area contributed by atoms with Gasteiger partial charge in [0.05, 0.1) is 18.8 Å². The van der Waals surface area contributed by atoms with Gasteiger partial charge in [-0.05, 0) is 18.9 Å². The lowest BCUT2D eigenvalue weighted by Crippen LogP contribution is -2.45. The van der Waals surface area contributed by atoms with Crippen LogP contribution in [0.2, 0.25) is 0 Å². The molecule has 2 aliphatic heterocycles. The molecule has 1 saturated heterocycles. The van der Waals surface area contributed by atoms with Crippen LogP contribution in [0.1, 0.15) is 24.2 Å². The summed E-state index contributed by atoms with van der Waals surface area (Å²) < 4.78 is 7.54. The van der Waals surface area contributed by atoms with E-state index in [4.69, 9.17) is 4.74 Å². The first kappa shape index (κ1) is 14.9. The molecule has 0 N–H and O–H groups in total. The van der Waals surface area contributed by atoms with Crippen molar-refractivity contribution < 1.29 is 9.53 Å². The average molecular weight is 328 g/mol. The van der Waals surface area contributed by atoms with Crippen LogP contribution in [-0.4, -0.2) is 55.4 Å². The molecule has 0 bridgehead atoms. The molecule has 0 spiro atoms. The van der Waals surface area contributed by atoms with Gasteiger partial charge >= 0.3 is 6.03 Å². The third kappa shape index (κ3) is 2.91. The Bertz CT molecular complexity index is 711. The van der Waals surface area contributed by atoms with Crippen LogP contribution in [0.15, 0.2) is 24.4 Å². The van der Waals surface area contributed by atoms with E-state index in [1.807, 2.05) is 26.6 Å². The molecule has 0 unspecified atom stereocenters. The highest BCUT2D eigenvalue weighted by atomic mass is 16.5. The number of carbonyl (C=O) groups is 1. The number of urea groups is 1. The van der Waals surface area contributed by atoms with E-state index in [2.05, 4.69) is 15.3 Å². The Labute approximate surface area is 140 Å². The summed E-state index contributed by atoms with van der Waals surface area (Å²) in [5, 5.41) is 8.39. The van der Waals surface area contributed by atoms with Crippen LogP contribution in [0.5, 0.6) is 5.88 Å². The first-order valence-corrected chi connectivity index (χ1v) is 8.30. The zero-order valence-corrected chi connectivity index (χ0v) is 13.5. The van der Waals surface area contributed by atoms with Crippen molar-refractivity contribution in [3.63, 3.8) is 0 Å². The van der Waals surface area contributed by atoms with E-state index in [0.717, 1.165) is 37.3 Å². The second-order valence-electron chi connectivity index (χ2n) is 6.06. The zero-order valence-electron chi connectivity index (χ0n) is 13.5. The molecular weight excluding hydrogens is 308 g/mol. The Morgan fingerprint density at radius 3 is 2.79 bits per heavy atom. The maximum Gasteiger partial charge on any atom is 0.320 e. The first-order valence-electron chi connectivity index (χ1n) is 8.30. The molecule has 0 radical (unpaired) electrons. The van der Waals surface area contributed by atoms with Crippen LogP contribution in [0, 0.1) is 0 Å². The van der Waals surface area contributed by atoms with Crippen molar-refractivity contribution in [1.29, 1.82) is 0 Å². The van der Waals surface area contributed by atoms with E-state index in [1.54, 1.807) is 12.3 Å². The first-order chi connectivity index (χ1) is 11.8. The molecule has 2 aromatic rings. The SMILES string of the molecule is O=C(N1CCCC1)N1CCn2nnc(COc3ccccn3)c2C1. The molecule has 0 aromatic carbocycles. The van der Waals surface area contributed by atoms with Gasteiger partial charge in [-0.3, -0.25) is 0 Å². The molecule has 8 nitrogen and oxygen atoms in total. The number of hydrogen-bond donors (Lipinski definition) is 0. The van der Waals surface area contributed by atoms with Gasteiger partial charge in [0, 0.05) is 31.9 Å². The van der Waals surface area contributed by atoms with Crippen LogP contribution in [-0.2, 0) is 19.7 Å². The molecule has 8 heteroatoms. The standard InChI is InChI=1S/C16H20N6O2/c23-16(20-7-3-4-8-20)21-9-10-22-14(11-21)13(18-19-22)12-24-15-5-1-2-6-17-15/h1-2,5-6H,3-4,7-12H2. The lowest BCUT2D eigenvalue weighted by molar-refractivity contribution is 0.147. The summed E-state index contributed by atoms with van der Waals surface area (Å²) in [7, 11) is 0. The smallest absolute Gasteiger partial charge is 0.320 e. The molecule has 0 saturated carbocycles. The number of rotatable bonds is 3. The van der Waals surface area contributed by atoms with E-state index in [1.165, 1.54) is 0 Å². The summed E-state index contributed by atoms with van der Waals surface area (Å²) >= 11 is 0. The average Bonchev–Trinajstić information content (AvgIpc) is 3.30. The Hall–Kier alpha value is -2.64. The lowest BCUT2D eigenvalue weighted by atomic mass is 10.2. The van der Waals surface area contributed by atoms with E-state index < -0.39 is 0 Å². The molecule has 2 amide bonds. The van der Waals surface area contributed by atoms with Gasteiger partial charge in [0.2, 0.25) is 5.88 Å². The van der Waals surface area contributed by atoms with Gasteiger partial charge < -0.3 is 14.5 Å². The fourth-order valence-corrected chi connectivity index (χ4v) is 3.16. The van der Waals surface area contributed by atoms with Crippen LogP contribution in [0.25, 0.3) is 0 Å². The third-order valence-electron chi connectivity index (χ3n) is 4.48. The van der Waals surface area contributed by atoms with Crippen molar-refractivity contribution in [3.8, 4) is 5.88 Å². The van der Waals surface area contributed by atoms with E-state index in [-0.39, 0.29) is 6.03 Å². The van der Waals surface area contributed by atoms with Gasteiger partial charge in [0.15, 0.2) is 0 Å². The van der Waals surface area contributed by atoms with E-state index in [0.29, 0.717) is 32.1 Å². The normalized spacial score (nSPS) is 17.0. The van der Waals surface area contributed by atoms with Crippen molar-refractivity contribution in [1.82, 2.24) is 29.8 Å². The second-order valence-corrected chi connectivity index (χ2v) is 6.06.